The van der Waals surface area contributed by atoms with Crippen LogP contribution in [0.4, 0.5) is 0 Å². The lowest BCUT2D eigenvalue weighted by molar-refractivity contribution is 0.976. The Labute approximate surface area is 42.9 Å². The Morgan fingerprint density at radius 2 is 2.57 bits per heavy atom. The van der Waals surface area contributed by atoms with Gasteiger partial charge in [0.2, 0.25) is 0 Å². The zero-order valence-electron chi connectivity index (χ0n) is 4.36. The van der Waals surface area contributed by atoms with Crippen molar-refractivity contribution in [1.29, 1.82) is 0 Å². The molecule has 0 fully saturated rings. The van der Waals surface area contributed by atoms with E-state index in [1.807, 2.05) is 6.92 Å². The summed E-state index contributed by atoms with van der Waals surface area (Å²) in [5, 5.41) is 2.97. The van der Waals surface area contributed by atoms with E-state index in [9.17, 15) is 0 Å². The van der Waals surface area contributed by atoms with Crippen LogP contribution in [0.3, 0.4) is 0 Å². The zero-order valence-corrected chi connectivity index (χ0v) is 4.36. The Bertz CT molecular complexity index is 124. The van der Waals surface area contributed by atoms with Gasteiger partial charge >= 0.3 is 0 Å². The Morgan fingerprint density at radius 1 is 1.86 bits per heavy atom. The summed E-state index contributed by atoms with van der Waals surface area (Å²) in [6.07, 6.45) is 0. The van der Waals surface area contributed by atoms with Crippen LogP contribution in [0.25, 0.3) is 0 Å². The average molecular weight is 96.1 g/mol. The van der Waals surface area contributed by atoms with Crippen LogP contribution < -0.4 is 5.32 Å². The van der Waals surface area contributed by atoms with Gasteiger partial charge in [0.15, 0.2) is 0 Å². The predicted octanol–water partition coefficient (Wildman–Crippen LogP) is 0.522. The summed E-state index contributed by atoms with van der Waals surface area (Å²) in [6, 6.07) is 0. The molecule has 0 spiro atoms. The number of nitrogens with one attached hydrogen (secondary N) is 1. The van der Waals surface area contributed by atoms with Crippen LogP contribution in [-0.4, -0.2) is 12.3 Å². The minimum absolute atomic E-state index is 0.789. The Balaban J connectivity index is 2.67. The molecule has 1 aliphatic rings. The Hall–Kier alpha value is -0.790. The molecule has 0 amide bonds. The van der Waals surface area contributed by atoms with Gasteiger partial charge in [0.1, 0.15) is 5.82 Å². The molecule has 0 aromatic heterocycles. The van der Waals surface area contributed by atoms with Crippen LogP contribution in [0.5, 0.6) is 0 Å². The smallest absolute Gasteiger partial charge is 0.118 e. The number of rotatable bonds is 0. The van der Waals surface area contributed by atoms with Gasteiger partial charge in [-0.15, -0.1) is 0 Å². The summed E-state index contributed by atoms with van der Waals surface area (Å²) in [5.41, 5.74) is 1.12. The lowest BCUT2D eigenvalue weighted by Crippen LogP contribution is -2.08. The summed E-state index contributed by atoms with van der Waals surface area (Å²) in [7, 11) is 0. The lowest BCUT2D eigenvalue weighted by Gasteiger charge is -1.86. The maximum absolute atomic E-state index is 4.00. The molecule has 1 rings (SSSR count). The third-order valence-electron chi connectivity index (χ3n) is 0.874. The number of hydrogen-bond acceptors (Lipinski definition) is 2. The third-order valence-corrected chi connectivity index (χ3v) is 0.874. The van der Waals surface area contributed by atoms with Crippen molar-refractivity contribution in [2.75, 3.05) is 6.54 Å². The fourth-order valence-electron chi connectivity index (χ4n) is 0.539. The second-order valence-corrected chi connectivity index (χ2v) is 1.65. The molecule has 2 nitrogen and oxygen atoms in total. The van der Waals surface area contributed by atoms with E-state index in [4.69, 9.17) is 0 Å². The van der Waals surface area contributed by atoms with Crippen molar-refractivity contribution in [3.05, 3.63) is 12.4 Å². The van der Waals surface area contributed by atoms with Crippen LogP contribution in [0.15, 0.2) is 17.4 Å². The standard InChI is InChI=1S/C5H8N2/c1-4-3-6-5(2)7-4/h6H,2-3H2,1H3. The molecular weight excluding hydrogens is 88.1 g/mol. The normalized spacial score (nSPS) is 19.0. The van der Waals surface area contributed by atoms with Gasteiger partial charge in [0.05, 0.1) is 6.54 Å². The van der Waals surface area contributed by atoms with E-state index in [2.05, 4.69) is 16.9 Å². The molecule has 0 saturated carbocycles. The molecule has 1 aliphatic heterocycles. The van der Waals surface area contributed by atoms with E-state index >= 15 is 0 Å². The highest BCUT2D eigenvalue weighted by atomic mass is 15.1. The predicted molar refractivity (Wildman–Crippen MR) is 30.3 cm³/mol. The van der Waals surface area contributed by atoms with Crippen molar-refractivity contribution in [3.63, 3.8) is 0 Å². The van der Waals surface area contributed by atoms with Gasteiger partial charge in [-0.25, -0.2) is 4.99 Å². The van der Waals surface area contributed by atoms with Gasteiger partial charge in [0, 0.05) is 5.71 Å². The van der Waals surface area contributed by atoms with Crippen LogP contribution in [0.1, 0.15) is 6.92 Å². The molecule has 38 valence electrons. The molecule has 0 bridgehead atoms. The summed E-state index contributed by atoms with van der Waals surface area (Å²) in [5.74, 6) is 0.789. The first-order valence-electron chi connectivity index (χ1n) is 2.26. The Kier molecular flexibility index (Phi) is 0.855. The van der Waals surface area contributed by atoms with E-state index in [-0.39, 0.29) is 0 Å². The van der Waals surface area contributed by atoms with E-state index < -0.39 is 0 Å². The molecule has 0 aromatic carbocycles. The largest absolute Gasteiger partial charge is 0.365 e. The van der Waals surface area contributed by atoms with Gasteiger partial charge in [-0.05, 0) is 6.92 Å². The van der Waals surface area contributed by atoms with Crippen molar-refractivity contribution in [1.82, 2.24) is 5.32 Å². The summed E-state index contributed by atoms with van der Waals surface area (Å²) in [4.78, 5) is 4.00. The van der Waals surface area contributed by atoms with Gasteiger partial charge < -0.3 is 5.32 Å². The number of nitrogens with zero attached hydrogens (tertiary/aromatic N) is 1. The average Bonchev–Trinajstić information content (AvgIpc) is 1.87. The molecule has 0 aliphatic carbocycles. The maximum Gasteiger partial charge on any atom is 0.118 e. The molecule has 7 heavy (non-hydrogen) atoms. The van der Waals surface area contributed by atoms with Gasteiger partial charge in [0.25, 0.3) is 0 Å². The Morgan fingerprint density at radius 3 is 2.71 bits per heavy atom. The number of aliphatic imine (C=N–C) groups is 1. The van der Waals surface area contributed by atoms with Crippen LogP contribution in [0, 0.1) is 0 Å². The quantitative estimate of drug-likeness (QED) is 0.467. The van der Waals surface area contributed by atoms with Crippen molar-refractivity contribution in [2.24, 2.45) is 4.99 Å². The van der Waals surface area contributed by atoms with Crippen molar-refractivity contribution in [3.8, 4) is 0 Å². The molecule has 0 saturated heterocycles. The first kappa shape index (κ1) is 4.37. The van der Waals surface area contributed by atoms with Gasteiger partial charge in [-0.3, -0.25) is 0 Å². The van der Waals surface area contributed by atoms with Gasteiger partial charge in [-0.2, -0.15) is 0 Å². The van der Waals surface area contributed by atoms with E-state index in [1.165, 1.54) is 0 Å². The highest BCUT2D eigenvalue weighted by molar-refractivity contribution is 5.86. The fourth-order valence-corrected chi connectivity index (χ4v) is 0.539. The first-order chi connectivity index (χ1) is 3.29. The molecule has 2 heteroatoms. The molecular formula is C5H8N2. The second kappa shape index (κ2) is 1.37. The minimum Gasteiger partial charge on any atom is -0.365 e. The zero-order chi connectivity index (χ0) is 5.28. The van der Waals surface area contributed by atoms with Crippen molar-refractivity contribution < 1.29 is 0 Å². The molecule has 0 unspecified atom stereocenters. The minimum atomic E-state index is 0.789. The third kappa shape index (κ3) is 0.796. The second-order valence-electron chi connectivity index (χ2n) is 1.65. The topological polar surface area (TPSA) is 24.4 Å². The summed E-state index contributed by atoms with van der Waals surface area (Å²) < 4.78 is 0. The first-order valence-corrected chi connectivity index (χ1v) is 2.26. The maximum atomic E-state index is 4.00. The highest BCUT2D eigenvalue weighted by Gasteiger charge is 1.99. The lowest BCUT2D eigenvalue weighted by atomic mass is 10.4. The SMILES string of the molecule is C=C1N=C(C)CN1. The van der Waals surface area contributed by atoms with E-state index in [1.54, 1.807) is 0 Å². The summed E-state index contributed by atoms with van der Waals surface area (Å²) >= 11 is 0. The highest BCUT2D eigenvalue weighted by Crippen LogP contribution is 1.94. The molecule has 0 aromatic rings. The molecule has 1 N–H and O–H groups in total. The van der Waals surface area contributed by atoms with E-state index in [0.29, 0.717) is 0 Å². The summed E-state index contributed by atoms with van der Waals surface area (Å²) in [6.45, 7) is 6.46. The van der Waals surface area contributed by atoms with Crippen molar-refractivity contribution in [2.45, 2.75) is 6.92 Å². The van der Waals surface area contributed by atoms with Crippen LogP contribution >= 0.6 is 0 Å². The van der Waals surface area contributed by atoms with Crippen LogP contribution in [0.2, 0.25) is 0 Å². The van der Waals surface area contributed by atoms with Crippen LogP contribution in [-0.2, 0) is 0 Å². The molecule has 1 heterocycles. The van der Waals surface area contributed by atoms with E-state index in [0.717, 1.165) is 18.1 Å². The van der Waals surface area contributed by atoms with Crippen molar-refractivity contribution >= 4 is 5.71 Å². The molecule has 0 atom stereocenters. The van der Waals surface area contributed by atoms with Gasteiger partial charge in [-0.1, -0.05) is 6.58 Å². The monoisotopic (exact) mass is 96.1 g/mol. The fraction of sp³-hybridized carbons (Fsp3) is 0.400. The number of hydrogen-bond donors (Lipinski definition) is 1. The molecule has 0 radical (unpaired) electrons.